The van der Waals surface area contributed by atoms with Crippen molar-refractivity contribution < 1.29 is 7.81 Å². The molecule has 0 aromatic carbocycles. The fourth-order valence-corrected chi connectivity index (χ4v) is 2.10. The van der Waals surface area contributed by atoms with Crippen LogP contribution < -0.4 is 0 Å². The minimum Gasteiger partial charge on any atom is -0.343 e. The van der Waals surface area contributed by atoms with E-state index in [2.05, 4.69) is 0 Å². The molecule has 0 amide bonds. The van der Waals surface area contributed by atoms with Gasteiger partial charge in [-0.15, -0.1) is 0 Å². The van der Waals surface area contributed by atoms with Gasteiger partial charge in [0.1, 0.15) is 6.10 Å². The van der Waals surface area contributed by atoms with E-state index in [0.29, 0.717) is 0 Å². The monoisotopic (exact) mass is 236 g/mol. The summed E-state index contributed by atoms with van der Waals surface area (Å²) in [6, 6.07) is 0. The molecular formula is C6H5IO2. The maximum atomic E-state index is 10.5. The maximum absolute atomic E-state index is 10.5. The first-order valence-electron chi connectivity index (χ1n) is 2.69. The van der Waals surface area contributed by atoms with Crippen molar-refractivity contribution >= 4 is 21.2 Å². The van der Waals surface area contributed by atoms with E-state index < -0.39 is 21.2 Å². The first kappa shape index (κ1) is 5.73. The number of allylic oxidation sites excluding steroid dienone is 2. The van der Waals surface area contributed by atoms with Crippen molar-refractivity contribution in [3.63, 3.8) is 0 Å². The van der Waals surface area contributed by atoms with Gasteiger partial charge >= 0.3 is 0 Å². The van der Waals surface area contributed by atoms with E-state index in [0.717, 1.165) is 0 Å². The Morgan fingerprint density at radius 2 is 2.44 bits per heavy atom. The molecule has 0 radical (unpaired) electrons. The largest absolute Gasteiger partial charge is 0.343 e. The van der Waals surface area contributed by atoms with Crippen molar-refractivity contribution in [2.75, 3.05) is 0 Å². The second-order valence-electron chi connectivity index (χ2n) is 2.06. The summed E-state index contributed by atoms with van der Waals surface area (Å²) in [5, 5.41) is 0. The molecule has 48 valence electrons. The molecule has 0 bridgehead atoms. The summed E-state index contributed by atoms with van der Waals surface area (Å²) in [6.07, 6.45) is 7.78. The summed E-state index contributed by atoms with van der Waals surface area (Å²) in [5.74, 6) is 0. The van der Waals surface area contributed by atoms with Gasteiger partial charge in [-0.25, -0.2) is 0 Å². The highest BCUT2D eigenvalue weighted by Gasteiger charge is 2.55. The molecule has 3 heteroatoms. The SMILES string of the molecule is O=IC12C=CC=CC1O2. The zero-order chi connectivity index (χ0) is 6.32. The van der Waals surface area contributed by atoms with Gasteiger partial charge < -0.3 is 4.74 Å². The quantitative estimate of drug-likeness (QED) is 0.392. The van der Waals surface area contributed by atoms with E-state index >= 15 is 0 Å². The van der Waals surface area contributed by atoms with Gasteiger partial charge in [-0.1, -0.05) is 18.2 Å². The number of fused-ring (bicyclic) bond motifs is 1. The summed E-state index contributed by atoms with van der Waals surface area (Å²) < 4.78 is 15.4. The van der Waals surface area contributed by atoms with Crippen molar-refractivity contribution in [3.05, 3.63) is 24.3 Å². The van der Waals surface area contributed by atoms with Crippen LogP contribution in [0.4, 0.5) is 0 Å². The van der Waals surface area contributed by atoms with E-state index in [1.165, 1.54) is 0 Å². The number of rotatable bonds is 1. The summed E-state index contributed by atoms with van der Waals surface area (Å²) in [7, 11) is 0. The Hall–Kier alpha value is -0.0300. The summed E-state index contributed by atoms with van der Waals surface area (Å²) in [5.41, 5.74) is 0. The molecule has 1 aliphatic heterocycles. The summed E-state index contributed by atoms with van der Waals surface area (Å²) in [6.45, 7) is 0. The smallest absolute Gasteiger partial charge is 0.199 e. The fraction of sp³-hybridized carbons (Fsp3) is 0.333. The molecule has 0 spiro atoms. The van der Waals surface area contributed by atoms with Crippen LogP contribution in [0.3, 0.4) is 0 Å². The molecule has 0 aromatic rings. The zero-order valence-electron chi connectivity index (χ0n) is 4.58. The van der Waals surface area contributed by atoms with Gasteiger partial charge in [0, 0.05) is 0 Å². The second-order valence-corrected chi connectivity index (χ2v) is 4.18. The first-order valence-corrected chi connectivity index (χ1v) is 4.65. The van der Waals surface area contributed by atoms with Crippen LogP contribution in [-0.4, -0.2) is 9.71 Å². The van der Waals surface area contributed by atoms with Crippen molar-refractivity contribution in [2.45, 2.75) is 9.71 Å². The molecule has 0 N–H and O–H groups in total. The van der Waals surface area contributed by atoms with E-state index in [9.17, 15) is 3.07 Å². The Morgan fingerprint density at radius 3 is 3.00 bits per heavy atom. The third-order valence-electron chi connectivity index (χ3n) is 1.48. The highest BCUT2D eigenvalue weighted by Crippen LogP contribution is 2.49. The zero-order valence-corrected chi connectivity index (χ0v) is 6.74. The van der Waals surface area contributed by atoms with Gasteiger partial charge in [-0.2, -0.15) is 0 Å². The van der Waals surface area contributed by atoms with Crippen LogP contribution in [0.5, 0.6) is 0 Å². The minimum atomic E-state index is -1.03. The van der Waals surface area contributed by atoms with Gasteiger partial charge in [0.15, 0.2) is 24.8 Å². The molecule has 9 heavy (non-hydrogen) atoms. The first-order chi connectivity index (χ1) is 4.37. The molecule has 2 rings (SSSR count). The van der Waals surface area contributed by atoms with Gasteiger partial charge in [0.05, 0.1) is 0 Å². The minimum absolute atomic E-state index is 0.132. The predicted octanol–water partition coefficient (Wildman–Crippen LogP) is 1.52. The standard InChI is InChI=1S/C6H5IO2/c8-7-6-4-2-1-3-5(6)9-6/h1-5H. The number of halogens is 1. The average Bonchev–Trinajstić information content (AvgIpc) is 2.62. The fourth-order valence-electron chi connectivity index (χ4n) is 0.905. The Morgan fingerprint density at radius 1 is 1.56 bits per heavy atom. The lowest BCUT2D eigenvalue weighted by atomic mass is 10.2. The third kappa shape index (κ3) is 0.712. The van der Waals surface area contributed by atoms with Crippen LogP contribution in [0, 0.1) is 0 Å². The lowest BCUT2D eigenvalue weighted by Crippen LogP contribution is -2.01. The molecule has 1 aliphatic carbocycles. The topological polar surface area (TPSA) is 29.6 Å². The van der Waals surface area contributed by atoms with Crippen LogP contribution in [0.15, 0.2) is 24.3 Å². The van der Waals surface area contributed by atoms with E-state index in [4.69, 9.17) is 4.74 Å². The molecule has 2 unspecified atom stereocenters. The average molecular weight is 236 g/mol. The molecule has 1 saturated heterocycles. The van der Waals surface area contributed by atoms with Crippen molar-refractivity contribution in [1.29, 1.82) is 0 Å². The van der Waals surface area contributed by atoms with Crippen LogP contribution >= 0.6 is 21.2 Å². The Bertz CT molecular complexity index is 209. The van der Waals surface area contributed by atoms with Crippen molar-refractivity contribution in [2.24, 2.45) is 0 Å². The predicted molar refractivity (Wildman–Crippen MR) is 40.6 cm³/mol. The Labute approximate surface area is 63.2 Å². The van der Waals surface area contributed by atoms with Gasteiger partial charge in [-0.05, 0) is 6.08 Å². The van der Waals surface area contributed by atoms with Crippen molar-refractivity contribution in [3.8, 4) is 0 Å². The van der Waals surface area contributed by atoms with Gasteiger partial charge in [0.2, 0.25) is 0 Å². The molecule has 2 nitrogen and oxygen atoms in total. The highest BCUT2D eigenvalue weighted by atomic mass is 127. The highest BCUT2D eigenvalue weighted by molar-refractivity contribution is 14.1. The summed E-state index contributed by atoms with van der Waals surface area (Å²) in [4.78, 5) is 0. The van der Waals surface area contributed by atoms with E-state index in [1.807, 2.05) is 24.3 Å². The number of ether oxygens (including phenoxy) is 1. The summed E-state index contributed by atoms with van der Waals surface area (Å²) >= 11 is -1.03. The number of epoxide rings is 1. The molecule has 2 aliphatic rings. The molecule has 2 atom stereocenters. The molecule has 0 aromatic heterocycles. The molecular weight excluding hydrogens is 231 g/mol. The maximum Gasteiger partial charge on any atom is 0.199 e. The number of hydrogen-bond acceptors (Lipinski definition) is 2. The van der Waals surface area contributed by atoms with Gasteiger partial charge in [0.25, 0.3) is 0 Å². The number of alkyl halides is 1. The van der Waals surface area contributed by atoms with E-state index in [-0.39, 0.29) is 9.71 Å². The van der Waals surface area contributed by atoms with Crippen molar-refractivity contribution in [1.82, 2.24) is 0 Å². The van der Waals surface area contributed by atoms with Crippen LogP contribution in [0.2, 0.25) is 0 Å². The third-order valence-corrected chi connectivity index (χ3v) is 3.40. The van der Waals surface area contributed by atoms with Gasteiger partial charge in [-0.3, -0.25) is 3.07 Å². The lowest BCUT2D eigenvalue weighted by molar-refractivity contribution is 0.406. The van der Waals surface area contributed by atoms with Crippen LogP contribution in [0.1, 0.15) is 0 Å². The Kier molecular flexibility index (Phi) is 1.10. The molecule has 1 fully saturated rings. The second kappa shape index (κ2) is 1.73. The Balaban J connectivity index is 2.32. The number of hydrogen-bond donors (Lipinski definition) is 0. The van der Waals surface area contributed by atoms with Crippen LogP contribution in [0.25, 0.3) is 0 Å². The van der Waals surface area contributed by atoms with E-state index in [1.54, 1.807) is 0 Å². The molecule has 0 saturated carbocycles. The van der Waals surface area contributed by atoms with Crippen LogP contribution in [-0.2, 0) is 7.81 Å². The normalized spacial score (nSPS) is 44.7. The molecule has 1 heterocycles. The lowest BCUT2D eigenvalue weighted by Gasteiger charge is -1.93.